The molecule has 0 aromatic heterocycles. The molecule has 1 aliphatic rings. The molecule has 1 aromatic rings. The molecule has 0 saturated carbocycles. The molecule has 3 unspecified atom stereocenters. The van der Waals surface area contributed by atoms with Crippen molar-refractivity contribution < 1.29 is 8.78 Å². The van der Waals surface area contributed by atoms with E-state index in [2.05, 4.69) is 15.9 Å². The molecule has 0 spiro atoms. The molecule has 2 N–H and O–H groups in total. The summed E-state index contributed by atoms with van der Waals surface area (Å²) in [5.41, 5.74) is 6.05. The van der Waals surface area contributed by atoms with Crippen LogP contribution in [-0.2, 0) is 0 Å². The number of nitrogens with zero attached hydrogens (tertiary/aromatic N) is 1. The average molecular weight is 319 g/mol. The highest BCUT2D eigenvalue weighted by Crippen LogP contribution is 2.33. The zero-order valence-electron chi connectivity index (χ0n) is 10.5. The van der Waals surface area contributed by atoms with Crippen molar-refractivity contribution in [3.05, 3.63) is 28.2 Å². The van der Waals surface area contributed by atoms with Crippen LogP contribution in [0.2, 0.25) is 0 Å². The molecular weight excluding hydrogens is 302 g/mol. The minimum atomic E-state index is -0.531. The van der Waals surface area contributed by atoms with Gasteiger partial charge >= 0.3 is 0 Å². The van der Waals surface area contributed by atoms with Gasteiger partial charge in [0.1, 0.15) is 5.69 Å². The van der Waals surface area contributed by atoms with E-state index in [1.54, 1.807) is 4.90 Å². The molecule has 18 heavy (non-hydrogen) atoms. The molecule has 0 bridgehead atoms. The average Bonchev–Trinajstić information content (AvgIpc) is 2.28. The van der Waals surface area contributed by atoms with Crippen LogP contribution in [-0.4, -0.2) is 18.6 Å². The fourth-order valence-corrected chi connectivity index (χ4v) is 2.92. The molecule has 0 aliphatic carbocycles. The molecule has 1 aliphatic heterocycles. The second-order valence-electron chi connectivity index (χ2n) is 4.96. The summed E-state index contributed by atoms with van der Waals surface area (Å²) in [6.07, 6.45) is 0.750. The number of hydrogen-bond donors (Lipinski definition) is 1. The smallest absolute Gasteiger partial charge is 0.150 e. The lowest BCUT2D eigenvalue weighted by atomic mass is 9.87. The van der Waals surface area contributed by atoms with Gasteiger partial charge in [0, 0.05) is 23.1 Å². The highest BCUT2D eigenvalue weighted by Gasteiger charge is 2.33. The second kappa shape index (κ2) is 5.13. The lowest BCUT2D eigenvalue weighted by Crippen LogP contribution is -2.52. The summed E-state index contributed by atoms with van der Waals surface area (Å²) >= 11 is 3.09. The van der Waals surface area contributed by atoms with Crippen LogP contribution < -0.4 is 10.6 Å². The van der Waals surface area contributed by atoms with Gasteiger partial charge < -0.3 is 10.6 Å². The largest absolute Gasteiger partial charge is 0.364 e. The first-order valence-corrected chi connectivity index (χ1v) is 6.88. The number of anilines is 1. The van der Waals surface area contributed by atoms with Crippen molar-refractivity contribution >= 4 is 21.6 Å². The summed E-state index contributed by atoms with van der Waals surface area (Å²) < 4.78 is 28.3. The van der Waals surface area contributed by atoms with Crippen LogP contribution in [0.25, 0.3) is 0 Å². The molecule has 2 nitrogen and oxygen atoms in total. The van der Waals surface area contributed by atoms with E-state index in [4.69, 9.17) is 5.73 Å². The molecule has 2 rings (SSSR count). The molecule has 1 saturated heterocycles. The zero-order chi connectivity index (χ0) is 13.4. The molecule has 1 aromatic carbocycles. The van der Waals surface area contributed by atoms with Crippen molar-refractivity contribution in [2.24, 2.45) is 11.7 Å². The fraction of sp³-hybridized carbons (Fsp3) is 0.538. The van der Waals surface area contributed by atoms with Crippen molar-refractivity contribution in [3.63, 3.8) is 0 Å². The van der Waals surface area contributed by atoms with Crippen LogP contribution >= 0.6 is 15.9 Å². The van der Waals surface area contributed by atoms with E-state index in [1.807, 2.05) is 13.8 Å². The van der Waals surface area contributed by atoms with Crippen LogP contribution in [0.3, 0.4) is 0 Å². The van der Waals surface area contributed by atoms with Crippen LogP contribution in [0, 0.1) is 17.6 Å². The van der Waals surface area contributed by atoms with Crippen molar-refractivity contribution in [1.82, 2.24) is 0 Å². The summed E-state index contributed by atoms with van der Waals surface area (Å²) in [4.78, 5) is 1.78. The van der Waals surface area contributed by atoms with E-state index in [0.29, 0.717) is 11.0 Å². The van der Waals surface area contributed by atoms with Gasteiger partial charge in [-0.15, -0.1) is 0 Å². The summed E-state index contributed by atoms with van der Waals surface area (Å²) in [7, 11) is 0. The minimum Gasteiger partial charge on any atom is -0.364 e. The summed E-state index contributed by atoms with van der Waals surface area (Å²) in [5.74, 6) is -0.853. The number of rotatable bonds is 1. The summed E-state index contributed by atoms with van der Waals surface area (Å²) in [6.45, 7) is 4.57. The Morgan fingerprint density at radius 1 is 1.28 bits per heavy atom. The number of hydrogen-bond acceptors (Lipinski definition) is 2. The van der Waals surface area contributed by atoms with Crippen molar-refractivity contribution in [1.29, 1.82) is 0 Å². The fourth-order valence-electron chi connectivity index (χ4n) is 2.52. The molecule has 0 amide bonds. The lowest BCUT2D eigenvalue weighted by molar-refractivity contribution is 0.311. The Bertz CT molecular complexity index is 430. The maximum absolute atomic E-state index is 14.0. The monoisotopic (exact) mass is 318 g/mol. The van der Waals surface area contributed by atoms with Gasteiger partial charge in [-0.05, 0) is 31.4 Å². The van der Waals surface area contributed by atoms with Gasteiger partial charge in [0.25, 0.3) is 0 Å². The van der Waals surface area contributed by atoms with Gasteiger partial charge in [0.05, 0.1) is 0 Å². The van der Waals surface area contributed by atoms with Crippen molar-refractivity contribution in [2.45, 2.75) is 32.4 Å². The van der Waals surface area contributed by atoms with E-state index >= 15 is 0 Å². The van der Waals surface area contributed by atoms with Gasteiger partial charge in [-0.3, -0.25) is 0 Å². The molecule has 1 fully saturated rings. The van der Waals surface area contributed by atoms with Gasteiger partial charge in [0.15, 0.2) is 11.6 Å². The Kier molecular flexibility index (Phi) is 3.92. The molecular formula is C13H17BrF2N2. The predicted molar refractivity (Wildman–Crippen MR) is 72.6 cm³/mol. The SMILES string of the molecule is CC1C(N)CCN(c2c(F)cc(Br)cc2F)C1C. The standard InChI is InChI=1S/C13H17BrF2N2/c1-7-8(2)18(4-3-12(7)17)13-10(15)5-9(14)6-11(13)16/h5-8,12H,3-4,17H2,1-2H3. The Morgan fingerprint density at radius 2 is 1.83 bits per heavy atom. The molecule has 1 heterocycles. The molecule has 3 atom stereocenters. The summed E-state index contributed by atoms with van der Waals surface area (Å²) in [5, 5.41) is 0. The summed E-state index contributed by atoms with van der Waals surface area (Å²) in [6, 6.07) is 2.71. The van der Waals surface area contributed by atoms with E-state index < -0.39 is 11.6 Å². The first-order valence-electron chi connectivity index (χ1n) is 6.08. The van der Waals surface area contributed by atoms with Gasteiger partial charge in [0.2, 0.25) is 0 Å². The molecule has 100 valence electrons. The quantitative estimate of drug-likeness (QED) is 0.861. The predicted octanol–water partition coefficient (Wildman–Crippen LogP) is 3.29. The van der Waals surface area contributed by atoms with Gasteiger partial charge in [-0.2, -0.15) is 0 Å². The number of piperidine rings is 1. The normalized spacial score (nSPS) is 28.6. The third-order valence-corrected chi connectivity index (χ3v) is 4.36. The molecule has 5 heteroatoms. The number of nitrogens with two attached hydrogens (primary N) is 1. The number of benzene rings is 1. The second-order valence-corrected chi connectivity index (χ2v) is 5.88. The van der Waals surface area contributed by atoms with E-state index in [-0.39, 0.29) is 23.7 Å². The maximum Gasteiger partial charge on any atom is 0.150 e. The first kappa shape index (κ1) is 13.7. The Morgan fingerprint density at radius 3 is 2.39 bits per heavy atom. The Hall–Kier alpha value is -0.680. The van der Waals surface area contributed by atoms with Crippen molar-refractivity contribution in [2.75, 3.05) is 11.4 Å². The zero-order valence-corrected chi connectivity index (χ0v) is 12.0. The topological polar surface area (TPSA) is 29.3 Å². The third kappa shape index (κ3) is 2.38. The Balaban J connectivity index is 2.37. The van der Waals surface area contributed by atoms with Gasteiger partial charge in [-0.1, -0.05) is 22.9 Å². The van der Waals surface area contributed by atoms with Crippen LogP contribution in [0.5, 0.6) is 0 Å². The third-order valence-electron chi connectivity index (χ3n) is 3.90. The van der Waals surface area contributed by atoms with Crippen LogP contribution in [0.15, 0.2) is 16.6 Å². The Labute approximate surface area is 114 Å². The highest BCUT2D eigenvalue weighted by atomic mass is 79.9. The number of halogens is 3. The van der Waals surface area contributed by atoms with Crippen LogP contribution in [0.1, 0.15) is 20.3 Å². The van der Waals surface area contributed by atoms with Gasteiger partial charge in [-0.25, -0.2) is 8.78 Å². The van der Waals surface area contributed by atoms with E-state index in [1.165, 1.54) is 12.1 Å². The van der Waals surface area contributed by atoms with Crippen molar-refractivity contribution in [3.8, 4) is 0 Å². The van der Waals surface area contributed by atoms with E-state index in [9.17, 15) is 8.78 Å². The molecule has 0 radical (unpaired) electrons. The lowest BCUT2D eigenvalue weighted by Gasteiger charge is -2.42. The van der Waals surface area contributed by atoms with E-state index in [0.717, 1.165) is 6.42 Å². The highest BCUT2D eigenvalue weighted by molar-refractivity contribution is 9.10. The first-order chi connectivity index (χ1) is 8.41. The van der Waals surface area contributed by atoms with Crippen LogP contribution in [0.4, 0.5) is 14.5 Å². The minimum absolute atomic E-state index is 0.0268. The maximum atomic E-state index is 14.0.